The highest BCUT2D eigenvalue weighted by atomic mass is 35.5. The Kier molecular flexibility index (Phi) is 5.19. The van der Waals surface area contributed by atoms with Crippen molar-refractivity contribution in [1.82, 2.24) is 10.2 Å². The van der Waals surface area contributed by atoms with Crippen molar-refractivity contribution in [3.8, 4) is 0 Å². The van der Waals surface area contributed by atoms with E-state index in [1.165, 1.54) is 18.9 Å². The van der Waals surface area contributed by atoms with Gasteiger partial charge in [0.2, 0.25) is 0 Å². The SMILES string of the molecule is CN1CCC(C)(CNCc2cc([N+](=O)[O-])ccc2Cl)CC1. The van der Waals surface area contributed by atoms with E-state index < -0.39 is 4.92 Å². The van der Waals surface area contributed by atoms with Crippen molar-refractivity contribution < 1.29 is 4.92 Å². The molecule has 0 saturated carbocycles. The van der Waals surface area contributed by atoms with E-state index in [1.54, 1.807) is 12.1 Å². The minimum Gasteiger partial charge on any atom is -0.312 e. The van der Waals surface area contributed by atoms with Gasteiger partial charge in [-0.3, -0.25) is 10.1 Å². The van der Waals surface area contributed by atoms with Crippen molar-refractivity contribution >= 4 is 17.3 Å². The van der Waals surface area contributed by atoms with Crippen LogP contribution in [0.1, 0.15) is 25.3 Å². The Labute approximate surface area is 130 Å². The predicted molar refractivity (Wildman–Crippen MR) is 84.7 cm³/mol. The van der Waals surface area contributed by atoms with Crippen molar-refractivity contribution in [1.29, 1.82) is 0 Å². The highest BCUT2D eigenvalue weighted by Crippen LogP contribution is 2.29. The van der Waals surface area contributed by atoms with Gasteiger partial charge in [0.25, 0.3) is 5.69 Å². The van der Waals surface area contributed by atoms with Crippen molar-refractivity contribution in [3.63, 3.8) is 0 Å². The number of hydrogen-bond acceptors (Lipinski definition) is 4. The Morgan fingerprint density at radius 2 is 2.10 bits per heavy atom. The maximum atomic E-state index is 10.8. The molecule has 116 valence electrons. The number of piperidine rings is 1. The first-order valence-electron chi connectivity index (χ1n) is 7.22. The highest BCUT2D eigenvalue weighted by Gasteiger charge is 2.28. The minimum atomic E-state index is -0.391. The van der Waals surface area contributed by atoms with Gasteiger partial charge in [-0.2, -0.15) is 0 Å². The van der Waals surface area contributed by atoms with E-state index in [1.807, 2.05) is 0 Å². The molecule has 0 radical (unpaired) electrons. The summed E-state index contributed by atoms with van der Waals surface area (Å²) >= 11 is 6.11. The lowest BCUT2D eigenvalue weighted by Crippen LogP contribution is -2.41. The van der Waals surface area contributed by atoms with Crippen LogP contribution in [0, 0.1) is 15.5 Å². The molecule has 1 aliphatic rings. The molecule has 1 saturated heterocycles. The lowest BCUT2D eigenvalue weighted by Gasteiger charge is -2.38. The van der Waals surface area contributed by atoms with Gasteiger partial charge in [-0.25, -0.2) is 0 Å². The zero-order valence-corrected chi connectivity index (χ0v) is 13.3. The van der Waals surface area contributed by atoms with Gasteiger partial charge in [-0.05, 0) is 50.0 Å². The van der Waals surface area contributed by atoms with E-state index in [0.29, 0.717) is 17.0 Å². The molecule has 1 aromatic rings. The Morgan fingerprint density at radius 1 is 1.43 bits per heavy atom. The fourth-order valence-corrected chi connectivity index (χ4v) is 2.83. The average Bonchev–Trinajstić information content (AvgIpc) is 2.44. The number of likely N-dealkylation sites (tertiary alicyclic amines) is 1. The molecule has 0 unspecified atom stereocenters. The summed E-state index contributed by atoms with van der Waals surface area (Å²) in [6.45, 7) is 6.00. The van der Waals surface area contributed by atoms with Gasteiger partial charge in [0.05, 0.1) is 4.92 Å². The number of hydrogen-bond donors (Lipinski definition) is 1. The first-order valence-corrected chi connectivity index (χ1v) is 7.59. The van der Waals surface area contributed by atoms with Crippen LogP contribution in [0.4, 0.5) is 5.69 Å². The number of halogens is 1. The molecule has 0 spiro atoms. The second-order valence-electron chi connectivity index (χ2n) is 6.25. The quantitative estimate of drug-likeness (QED) is 0.670. The fourth-order valence-electron chi connectivity index (χ4n) is 2.64. The first-order chi connectivity index (χ1) is 9.89. The molecular formula is C15H22ClN3O2. The van der Waals surface area contributed by atoms with Crippen molar-refractivity contribution in [2.45, 2.75) is 26.3 Å². The van der Waals surface area contributed by atoms with E-state index in [2.05, 4.69) is 24.2 Å². The van der Waals surface area contributed by atoms with Crippen LogP contribution >= 0.6 is 11.6 Å². The summed E-state index contributed by atoms with van der Waals surface area (Å²) in [5, 5.41) is 14.8. The van der Waals surface area contributed by atoms with E-state index in [0.717, 1.165) is 25.2 Å². The lowest BCUT2D eigenvalue weighted by molar-refractivity contribution is -0.384. The summed E-state index contributed by atoms with van der Waals surface area (Å²) in [7, 11) is 2.15. The summed E-state index contributed by atoms with van der Waals surface area (Å²) in [6.07, 6.45) is 2.33. The fraction of sp³-hybridized carbons (Fsp3) is 0.600. The second-order valence-corrected chi connectivity index (χ2v) is 6.66. The number of nitro benzene ring substituents is 1. The summed E-state index contributed by atoms with van der Waals surface area (Å²) in [5.74, 6) is 0. The monoisotopic (exact) mass is 311 g/mol. The molecule has 0 amide bonds. The summed E-state index contributed by atoms with van der Waals surface area (Å²) in [6, 6.07) is 4.57. The number of benzene rings is 1. The molecule has 5 nitrogen and oxygen atoms in total. The van der Waals surface area contributed by atoms with Crippen LogP contribution < -0.4 is 5.32 Å². The average molecular weight is 312 g/mol. The molecular weight excluding hydrogens is 290 g/mol. The second kappa shape index (κ2) is 6.73. The molecule has 2 rings (SSSR count). The predicted octanol–water partition coefficient (Wildman–Crippen LogP) is 3.07. The molecule has 1 heterocycles. The van der Waals surface area contributed by atoms with Gasteiger partial charge < -0.3 is 10.2 Å². The van der Waals surface area contributed by atoms with E-state index in [9.17, 15) is 10.1 Å². The third-order valence-corrected chi connectivity index (χ3v) is 4.67. The summed E-state index contributed by atoms with van der Waals surface area (Å²) in [5.41, 5.74) is 1.16. The molecule has 1 N–H and O–H groups in total. The number of rotatable bonds is 5. The van der Waals surface area contributed by atoms with Crippen LogP contribution in [0.15, 0.2) is 18.2 Å². The number of nitro groups is 1. The van der Waals surface area contributed by atoms with Gasteiger partial charge >= 0.3 is 0 Å². The van der Waals surface area contributed by atoms with Gasteiger partial charge in [0.1, 0.15) is 0 Å². The van der Waals surface area contributed by atoms with Gasteiger partial charge in [-0.1, -0.05) is 18.5 Å². The van der Waals surface area contributed by atoms with Crippen LogP contribution in [-0.2, 0) is 6.54 Å². The molecule has 6 heteroatoms. The Morgan fingerprint density at radius 3 is 2.71 bits per heavy atom. The largest absolute Gasteiger partial charge is 0.312 e. The van der Waals surface area contributed by atoms with Crippen molar-refractivity contribution in [2.24, 2.45) is 5.41 Å². The molecule has 21 heavy (non-hydrogen) atoms. The Bertz CT molecular complexity index is 514. The van der Waals surface area contributed by atoms with Crippen LogP contribution in [0.25, 0.3) is 0 Å². The smallest absolute Gasteiger partial charge is 0.269 e. The number of nitrogens with one attached hydrogen (secondary N) is 1. The van der Waals surface area contributed by atoms with E-state index in [-0.39, 0.29) is 5.69 Å². The standard InChI is InChI=1S/C15H22ClN3O2/c1-15(5-7-18(2)8-6-15)11-17-10-12-9-13(19(20)21)3-4-14(12)16/h3-4,9,17H,5-8,10-11H2,1-2H3. The number of nitrogens with zero attached hydrogens (tertiary/aromatic N) is 2. The van der Waals surface area contributed by atoms with Gasteiger partial charge in [-0.15, -0.1) is 0 Å². The topological polar surface area (TPSA) is 58.4 Å². The van der Waals surface area contributed by atoms with Crippen molar-refractivity contribution in [2.75, 3.05) is 26.7 Å². The molecule has 1 aliphatic heterocycles. The molecule has 0 aromatic heterocycles. The Hall–Kier alpha value is -1.17. The van der Waals surface area contributed by atoms with E-state index >= 15 is 0 Å². The van der Waals surface area contributed by atoms with Crippen molar-refractivity contribution in [3.05, 3.63) is 38.9 Å². The van der Waals surface area contributed by atoms with Crippen LogP contribution in [0.3, 0.4) is 0 Å². The normalized spacial score (nSPS) is 18.6. The van der Waals surface area contributed by atoms with Crippen LogP contribution in [0.2, 0.25) is 5.02 Å². The third-order valence-electron chi connectivity index (χ3n) is 4.30. The third kappa shape index (κ3) is 4.40. The molecule has 0 atom stereocenters. The number of non-ortho nitro benzene ring substituents is 1. The first kappa shape index (κ1) is 16.2. The van der Waals surface area contributed by atoms with Crippen LogP contribution in [-0.4, -0.2) is 36.5 Å². The highest BCUT2D eigenvalue weighted by molar-refractivity contribution is 6.31. The zero-order chi connectivity index (χ0) is 15.5. The van der Waals surface area contributed by atoms with E-state index in [4.69, 9.17) is 11.6 Å². The van der Waals surface area contributed by atoms with Gasteiger partial charge in [0.15, 0.2) is 0 Å². The lowest BCUT2D eigenvalue weighted by atomic mass is 9.80. The molecule has 1 fully saturated rings. The summed E-state index contributed by atoms with van der Waals surface area (Å²) in [4.78, 5) is 12.8. The zero-order valence-electron chi connectivity index (χ0n) is 12.6. The van der Waals surface area contributed by atoms with Gasteiger partial charge in [0, 0.05) is 30.2 Å². The summed E-state index contributed by atoms with van der Waals surface area (Å²) < 4.78 is 0. The minimum absolute atomic E-state index is 0.0849. The molecule has 0 bridgehead atoms. The maximum absolute atomic E-state index is 10.8. The molecule has 0 aliphatic carbocycles. The maximum Gasteiger partial charge on any atom is 0.269 e. The Balaban J connectivity index is 1.91. The van der Waals surface area contributed by atoms with Crippen LogP contribution in [0.5, 0.6) is 0 Å². The molecule has 1 aromatic carbocycles.